The lowest BCUT2D eigenvalue weighted by molar-refractivity contribution is 0.216. The first-order valence-electron chi connectivity index (χ1n) is 5.90. The van der Waals surface area contributed by atoms with E-state index in [0.29, 0.717) is 5.41 Å². The van der Waals surface area contributed by atoms with Gasteiger partial charge in [-0.25, -0.2) is 0 Å². The zero-order valence-corrected chi connectivity index (χ0v) is 10.5. The van der Waals surface area contributed by atoms with Gasteiger partial charge in [0.05, 0.1) is 0 Å². The van der Waals surface area contributed by atoms with Crippen molar-refractivity contribution in [2.75, 3.05) is 0 Å². The second-order valence-corrected chi connectivity index (χ2v) is 5.70. The number of hydrogen-bond acceptors (Lipinski definition) is 0. The molecule has 80 valence electrons. The topological polar surface area (TPSA) is 0 Å². The Morgan fingerprint density at radius 1 is 1.08 bits per heavy atom. The van der Waals surface area contributed by atoms with Gasteiger partial charge < -0.3 is 0 Å². The Kier molecular flexibility index (Phi) is 5.67. The molecule has 2 atom stereocenters. The highest BCUT2D eigenvalue weighted by Crippen LogP contribution is 2.32. The molecule has 0 N–H and O–H groups in total. The van der Waals surface area contributed by atoms with Crippen molar-refractivity contribution in [3.8, 4) is 0 Å². The molecule has 0 heterocycles. The Morgan fingerprint density at radius 3 is 1.92 bits per heavy atom. The van der Waals surface area contributed by atoms with Crippen molar-refractivity contribution in [1.29, 1.82) is 0 Å². The van der Waals surface area contributed by atoms with Crippen LogP contribution >= 0.6 is 0 Å². The maximum Gasteiger partial charge on any atom is -0.0380 e. The van der Waals surface area contributed by atoms with Crippen molar-refractivity contribution >= 4 is 0 Å². The van der Waals surface area contributed by atoms with Crippen LogP contribution in [0.2, 0.25) is 0 Å². The minimum absolute atomic E-state index is 0.503. The quantitative estimate of drug-likeness (QED) is 0.571. The standard InChI is InChI=1S/C13H28/c1-7-9-12(11(3)8-2)10-13(4,5)6/h11-12H,7-10H2,1-6H3. The van der Waals surface area contributed by atoms with Crippen LogP contribution in [0, 0.1) is 17.3 Å². The van der Waals surface area contributed by atoms with E-state index in [1.165, 1.54) is 25.7 Å². The SMILES string of the molecule is CCCC(CC(C)(C)C)C(C)CC. The Bertz CT molecular complexity index is 118. The van der Waals surface area contributed by atoms with Gasteiger partial charge in [-0.05, 0) is 23.7 Å². The fourth-order valence-electron chi connectivity index (χ4n) is 2.08. The molecular formula is C13H28. The molecule has 0 aliphatic rings. The second-order valence-electron chi connectivity index (χ2n) is 5.70. The Labute approximate surface area is 85.1 Å². The molecule has 0 rings (SSSR count). The molecule has 0 spiro atoms. The molecular weight excluding hydrogens is 156 g/mol. The van der Waals surface area contributed by atoms with Crippen LogP contribution in [-0.2, 0) is 0 Å². The third-order valence-electron chi connectivity index (χ3n) is 2.98. The molecule has 0 fully saturated rings. The van der Waals surface area contributed by atoms with Crippen LogP contribution in [0.5, 0.6) is 0 Å². The average Bonchev–Trinajstić information content (AvgIpc) is 2.00. The minimum Gasteiger partial charge on any atom is -0.0654 e. The van der Waals surface area contributed by atoms with Gasteiger partial charge in [0.15, 0.2) is 0 Å². The molecule has 0 aromatic rings. The smallest absolute Gasteiger partial charge is 0.0380 e. The first-order chi connectivity index (χ1) is 5.90. The monoisotopic (exact) mass is 184 g/mol. The molecule has 0 radical (unpaired) electrons. The summed E-state index contributed by atoms with van der Waals surface area (Å²) < 4.78 is 0. The molecule has 0 aliphatic carbocycles. The van der Waals surface area contributed by atoms with E-state index in [1.807, 2.05) is 0 Å². The lowest BCUT2D eigenvalue weighted by atomic mass is 9.76. The van der Waals surface area contributed by atoms with Crippen molar-refractivity contribution in [3.05, 3.63) is 0 Å². The highest BCUT2D eigenvalue weighted by molar-refractivity contribution is 4.72. The molecule has 2 unspecified atom stereocenters. The summed E-state index contributed by atoms with van der Waals surface area (Å²) in [5, 5.41) is 0. The van der Waals surface area contributed by atoms with Crippen LogP contribution in [-0.4, -0.2) is 0 Å². The molecule has 0 nitrogen and oxygen atoms in total. The average molecular weight is 184 g/mol. The molecule has 0 aliphatic heterocycles. The third kappa shape index (κ3) is 6.12. The lowest BCUT2D eigenvalue weighted by Crippen LogP contribution is -2.19. The summed E-state index contributed by atoms with van der Waals surface area (Å²) in [7, 11) is 0. The summed E-state index contributed by atoms with van der Waals surface area (Å²) in [6, 6.07) is 0. The van der Waals surface area contributed by atoms with Crippen LogP contribution in [0.25, 0.3) is 0 Å². The van der Waals surface area contributed by atoms with E-state index < -0.39 is 0 Å². The van der Waals surface area contributed by atoms with Crippen molar-refractivity contribution in [3.63, 3.8) is 0 Å². The highest BCUT2D eigenvalue weighted by Gasteiger charge is 2.21. The second kappa shape index (κ2) is 5.67. The summed E-state index contributed by atoms with van der Waals surface area (Å²) in [4.78, 5) is 0. The van der Waals surface area contributed by atoms with E-state index >= 15 is 0 Å². The van der Waals surface area contributed by atoms with Crippen molar-refractivity contribution < 1.29 is 0 Å². The predicted molar refractivity (Wildman–Crippen MR) is 61.9 cm³/mol. The Balaban J connectivity index is 4.09. The van der Waals surface area contributed by atoms with E-state index in [1.54, 1.807) is 0 Å². The first-order valence-corrected chi connectivity index (χ1v) is 5.90. The minimum atomic E-state index is 0.503. The van der Waals surface area contributed by atoms with Crippen LogP contribution in [0.15, 0.2) is 0 Å². The summed E-state index contributed by atoms with van der Waals surface area (Å²) >= 11 is 0. The molecule has 0 saturated carbocycles. The fraction of sp³-hybridized carbons (Fsp3) is 1.00. The van der Waals surface area contributed by atoms with Gasteiger partial charge in [0, 0.05) is 0 Å². The maximum absolute atomic E-state index is 2.41. The van der Waals surface area contributed by atoms with Gasteiger partial charge in [0.1, 0.15) is 0 Å². The summed E-state index contributed by atoms with van der Waals surface area (Å²) in [5.41, 5.74) is 0.503. The molecule has 13 heavy (non-hydrogen) atoms. The van der Waals surface area contributed by atoms with E-state index in [2.05, 4.69) is 41.5 Å². The van der Waals surface area contributed by atoms with Gasteiger partial charge in [-0.1, -0.05) is 60.8 Å². The van der Waals surface area contributed by atoms with Gasteiger partial charge in [-0.15, -0.1) is 0 Å². The van der Waals surface area contributed by atoms with Crippen LogP contribution in [0.3, 0.4) is 0 Å². The zero-order valence-electron chi connectivity index (χ0n) is 10.5. The summed E-state index contributed by atoms with van der Waals surface area (Å²) in [5.74, 6) is 1.84. The van der Waals surface area contributed by atoms with E-state index in [0.717, 1.165) is 11.8 Å². The maximum atomic E-state index is 2.41. The van der Waals surface area contributed by atoms with Crippen molar-refractivity contribution in [1.82, 2.24) is 0 Å². The van der Waals surface area contributed by atoms with Gasteiger partial charge in [0.25, 0.3) is 0 Å². The number of hydrogen-bond donors (Lipinski definition) is 0. The number of rotatable bonds is 5. The fourth-order valence-corrected chi connectivity index (χ4v) is 2.08. The zero-order chi connectivity index (χ0) is 10.5. The van der Waals surface area contributed by atoms with E-state index in [4.69, 9.17) is 0 Å². The lowest BCUT2D eigenvalue weighted by Gasteiger charge is -2.29. The summed E-state index contributed by atoms with van der Waals surface area (Å²) in [6.45, 7) is 14.1. The van der Waals surface area contributed by atoms with Crippen LogP contribution in [0.1, 0.15) is 67.2 Å². The molecule has 0 heteroatoms. The van der Waals surface area contributed by atoms with Crippen molar-refractivity contribution in [2.24, 2.45) is 17.3 Å². The first kappa shape index (κ1) is 13.0. The molecule has 0 aromatic carbocycles. The molecule has 0 saturated heterocycles. The van der Waals surface area contributed by atoms with Crippen molar-refractivity contribution in [2.45, 2.75) is 67.2 Å². The third-order valence-corrected chi connectivity index (χ3v) is 2.98. The summed E-state index contributed by atoms with van der Waals surface area (Å²) in [6.07, 6.45) is 5.47. The Morgan fingerprint density at radius 2 is 1.62 bits per heavy atom. The highest BCUT2D eigenvalue weighted by atomic mass is 14.3. The largest absolute Gasteiger partial charge is 0.0654 e. The van der Waals surface area contributed by atoms with Gasteiger partial charge >= 0.3 is 0 Å². The molecule has 0 bridgehead atoms. The normalized spacial score (nSPS) is 17.1. The van der Waals surface area contributed by atoms with Crippen LogP contribution < -0.4 is 0 Å². The molecule has 0 amide bonds. The predicted octanol–water partition coefficient (Wildman–Crippen LogP) is 4.89. The van der Waals surface area contributed by atoms with E-state index in [9.17, 15) is 0 Å². The van der Waals surface area contributed by atoms with E-state index in [-0.39, 0.29) is 0 Å². The van der Waals surface area contributed by atoms with Gasteiger partial charge in [-0.3, -0.25) is 0 Å². The molecule has 0 aromatic heterocycles. The van der Waals surface area contributed by atoms with Gasteiger partial charge in [0.2, 0.25) is 0 Å². The Hall–Kier alpha value is 0. The van der Waals surface area contributed by atoms with Crippen LogP contribution in [0.4, 0.5) is 0 Å². The van der Waals surface area contributed by atoms with Gasteiger partial charge in [-0.2, -0.15) is 0 Å².